The van der Waals surface area contributed by atoms with Gasteiger partial charge in [0.15, 0.2) is 0 Å². The summed E-state index contributed by atoms with van der Waals surface area (Å²) < 4.78 is 1.39. The number of aromatic nitrogens is 2. The van der Waals surface area contributed by atoms with Crippen LogP contribution in [0.25, 0.3) is 0 Å². The molecule has 0 spiro atoms. The molecular formula is C14H15N3OS. The van der Waals surface area contributed by atoms with Crippen molar-refractivity contribution in [3.8, 4) is 0 Å². The van der Waals surface area contributed by atoms with E-state index in [4.69, 9.17) is 18.0 Å². The number of rotatable bonds is 4. The van der Waals surface area contributed by atoms with E-state index in [0.29, 0.717) is 11.5 Å². The molecule has 1 unspecified atom stereocenters. The third kappa shape index (κ3) is 3.26. The van der Waals surface area contributed by atoms with Crippen LogP contribution in [-0.2, 0) is 6.54 Å². The number of hydrogen-bond donors (Lipinski definition) is 1. The van der Waals surface area contributed by atoms with E-state index in [1.165, 1.54) is 4.68 Å². The van der Waals surface area contributed by atoms with Gasteiger partial charge in [-0.15, -0.1) is 0 Å². The summed E-state index contributed by atoms with van der Waals surface area (Å²) >= 11 is 5.10. The Morgan fingerprint density at radius 2 is 2.11 bits per heavy atom. The largest absolute Gasteiger partial charge is 0.393 e. The molecule has 0 radical (unpaired) electrons. The standard InChI is InChI=1S/C14H15N3OS/c1-10-7-13(18)17(16-8-10)9-12(14(15)19)11-5-3-2-4-6-11/h2-8,12H,9H2,1H3,(H2,15,19). The monoisotopic (exact) mass is 273 g/mol. The minimum absolute atomic E-state index is 0.141. The maximum Gasteiger partial charge on any atom is 0.267 e. The normalized spacial score (nSPS) is 12.1. The van der Waals surface area contributed by atoms with Crippen molar-refractivity contribution in [2.24, 2.45) is 5.73 Å². The molecule has 1 aromatic carbocycles. The van der Waals surface area contributed by atoms with Gasteiger partial charge in [-0.25, -0.2) is 4.68 Å². The van der Waals surface area contributed by atoms with Crippen LogP contribution in [0, 0.1) is 6.92 Å². The molecule has 0 saturated heterocycles. The lowest BCUT2D eigenvalue weighted by atomic mass is 9.99. The number of benzene rings is 1. The Morgan fingerprint density at radius 3 is 2.68 bits per heavy atom. The molecule has 0 aliphatic heterocycles. The highest BCUT2D eigenvalue weighted by Gasteiger charge is 2.16. The molecule has 0 aliphatic carbocycles. The Morgan fingerprint density at radius 1 is 1.42 bits per heavy atom. The van der Waals surface area contributed by atoms with Gasteiger partial charge in [0.05, 0.1) is 23.6 Å². The van der Waals surface area contributed by atoms with Crippen molar-refractivity contribution in [2.45, 2.75) is 19.4 Å². The van der Waals surface area contributed by atoms with Crippen LogP contribution in [-0.4, -0.2) is 14.8 Å². The molecule has 2 rings (SSSR count). The summed E-state index contributed by atoms with van der Waals surface area (Å²) in [6.07, 6.45) is 1.66. The number of aryl methyl sites for hydroxylation is 1. The lowest BCUT2D eigenvalue weighted by Gasteiger charge is -2.16. The Bertz CT molecular complexity index is 637. The first-order valence-electron chi connectivity index (χ1n) is 5.96. The lowest BCUT2D eigenvalue weighted by molar-refractivity contribution is 0.555. The van der Waals surface area contributed by atoms with Crippen LogP contribution in [0.1, 0.15) is 17.0 Å². The van der Waals surface area contributed by atoms with Crippen LogP contribution < -0.4 is 11.3 Å². The average Bonchev–Trinajstić information content (AvgIpc) is 2.38. The lowest BCUT2D eigenvalue weighted by Crippen LogP contribution is -2.30. The zero-order valence-corrected chi connectivity index (χ0v) is 11.4. The molecule has 4 nitrogen and oxygen atoms in total. The number of nitrogens with two attached hydrogens (primary N) is 1. The van der Waals surface area contributed by atoms with Crippen molar-refractivity contribution in [2.75, 3.05) is 0 Å². The van der Waals surface area contributed by atoms with Gasteiger partial charge >= 0.3 is 0 Å². The molecule has 0 amide bonds. The number of hydrogen-bond acceptors (Lipinski definition) is 3. The van der Waals surface area contributed by atoms with E-state index in [9.17, 15) is 4.79 Å². The molecule has 2 N–H and O–H groups in total. The second-order valence-electron chi connectivity index (χ2n) is 4.42. The molecule has 98 valence electrons. The van der Waals surface area contributed by atoms with Crippen molar-refractivity contribution >= 4 is 17.2 Å². The number of thiocarbonyl (C=S) groups is 1. The molecule has 5 heteroatoms. The van der Waals surface area contributed by atoms with Gasteiger partial charge in [0.25, 0.3) is 5.56 Å². The fourth-order valence-electron chi connectivity index (χ4n) is 1.88. The van der Waals surface area contributed by atoms with E-state index >= 15 is 0 Å². The maximum absolute atomic E-state index is 11.8. The van der Waals surface area contributed by atoms with Gasteiger partial charge in [-0.3, -0.25) is 4.79 Å². The molecule has 0 fully saturated rings. The topological polar surface area (TPSA) is 60.9 Å². The molecule has 1 aromatic heterocycles. The van der Waals surface area contributed by atoms with Gasteiger partial charge < -0.3 is 5.73 Å². The zero-order chi connectivity index (χ0) is 13.8. The minimum atomic E-state index is -0.191. The Balaban J connectivity index is 2.32. The van der Waals surface area contributed by atoms with Crippen LogP contribution in [0.15, 0.2) is 47.4 Å². The van der Waals surface area contributed by atoms with E-state index < -0.39 is 0 Å². The Kier molecular flexibility index (Phi) is 4.06. The van der Waals surface area contributed by atoms with E-state index in [2.05, 4.69) is 5.10 Å². The summed E-state index contributed by atoms with van der Waals surface area (Å²) in [4.78, 5) is 12.2. The summed E-state index contributed by atoms with van der Waals surface area (Å²) in [5.41, 5.74) is 7.47. The molecule has 19 heavy (non-hydrogen) atoms. The highest BCUT2D eigenvalue weighted by Crippen LogP contribution is 2.17. The first kappa shape index (κ1) is 13.4. The smallest absolute Gasteiger partial charge is 0.267 e. The highest BCUT2D eigenvalue weighted by atomic mass is 32.1. The fraction of sp³-hybridized carbons (Fsp3) is 0.214. The second-order valence-corrected chi connectivity index (χ2v) is 4.89. The molecule has 2 aromatic rings. The van der Waals surface area contributed by atoms with E-state index in [1.54, 1.807) is 12.3 Å². The van der Waals surface area contributed by atoms with E-state index in [1.807, 2.05) is 37.3 Å². The van der Waals surface area contributed by atoms with Crippen LogP contribution in [0.2, 0.25) is 0 Å². The molecule has 0 saturated carbocycles. The van der Waals surface area contributed by atoms with Crippen molar-refractivity contribution in [3.63, 3.8) is 0 Å². The van der Waals surface area contributed by atoms with Crippen molar-refractivity contribution < 1.29 is 0 Å². The van der Waals surface area contributed by atoms with Crippen molar-refractivity contribution in [1.29, 1.82) is 0 Å². The van der Waals surface area contributed by atoms with Gasteiger partial charge in [0.1, 0.15) is 0 Å². The summed E-state index contributed by atoms with van der Waals surface area (Å²) in [5, 5.41) is 4.11. The molecule has 0 bridgehead atoms. The quantitative estimate of drug-likeness (QED) is 0.860. The number of nitrogens with zero attached hydrogens (tertiary/aromatic N) is 2. The van der Waals surface area contributed by atoms with Crippen LogP contribution in [0.3, 0.4) is 0 Å². The summed E-state index contributed by atoms with van der Waals surface area (Å²) in [6, 6.07) is 11.2. The van der Waals surface area contributed by atoms with Crippen molar-refractivity contribution in [3.05, 3.63) is 64.1 Å². The van der Waals surface area contributed by atoms with Crippen LogP contribution in [0.4, 0.5) is 0 Å². The van der Waals surface area contributed by atoms with Gasteiger partial charge in [-0.05, 0) is 18.1 Å². The van der Waals surface area contributed by atoms with Crippen LogP contribution >= 0.6 is 12.2 Å². The molecular weight excluding hydrogens is 258 g/mol. The third-order valence-electron chi connectivity index (χ3n) is 2.91. The highest BCUT2D eigenvalue weighted by molar-refractivity contribution is 7.80. The molecule has 0 aliphatic rings. The Labute approximate surface area is 116 Å². The first-order valence-corrected chi connectivity index (χ1v) is 6.37. The molecule has 1 heterocycles. The predicted molar refractivity (Wildman–Crippen MR) is 79.2 cm³/mol. The summed E-state index contributed by atoms with van der Waals surface area (Å²) in [6.45, 7) is 2.19. The SMILES string of the molecule is Cc1cnn(CC(C(N)=S)c2ccccc2)c(=O)c1. The van der Waals surface area contributed by atoms with E-state index in [-0.39, 0.29) is 11.5 Å². The van der Waals surface area contributed by atoms with Crippen LogP contribution in [0.5, 0.6) is 0 Å². The van der Waals surface area contributed by atoms with E-state index in [0.717, 1.165) is 11.1 Å². The fourth-order valence-corrected chi connectivity index (χ4v) is 2.09. The minimum Gasteiger partial charge on any atom is -0.393 e. The van der Waals surface area contributed by atoms with Gasteiger partial charge in [0.2, 0.25) is 0 Å². The van der Waals surface area contributed by atoms with Gasteiger partial charge in [-0.2, -0.15) is 5.10 Å². The third-order valence-corrected chi connectivity index (χ3v) is 3.19. The van der Waals surface area contributed by atoms with Crippen molar-refractivity contribution in [1.82, 2.24) is 9.78 Å². The summed E-state index contributed by atoms with van der Waals surface area (Å²) in [5.74, 6) is -0.191. The predicted octanol–water partition coefficient (Wildman–Crippen LogP) is 1.62. The Hall–Kier alpha value is -2.01. The zero-order valence-electron chi connectivity index (χ0n) is 10.6. The first-order chi connectivity index (χ1) is 9.08. The maximum atomic E-state index is 11.8. The summed E-state index contributed by atoms with van der Waals surface area (Å²) in [7, 11) is 0. The van der Waals surface area contributed by atoms with Gasteiger partial charge in [-0.1, -0.05) is 42.5 Å². The second kappa shape index (κ2) is 5.75. The molecule has 1 atom stereocenters. The average molecular weight is 273 g/mol. The van der Waals surface area contributed by atoms with Gasteiger partial charge in [0, 0.05) is 6.07 Å².